The number of amides is 1. The van der Waals surface area contributed by atoms with Gasteiger partial charge in [-0.15, -0.1) is 0 Å². The first-order chi connectivity index (χ1) is 11.9. The van der Waals surface area contributed by atoms with Gasteiger partial charge < -0.3 is 24.9 Å². The van der Waals surface area contributed by atoms with Gasteiger partial charge in [-0.1, -0.05) is 0 Å². The fourth-order valence-electron chi connectivity index (χ4n) is 1.99. The third-order valence-corrected chi connectivity index (χ3v) is 3.29. The van der Waals surface area contributed by atoms with Crippen LogP contribution in [0, 0.1) is 22.7 Å². The van der Waals surface area contributed by atoms with Gasteiger partial charge in [-0.2, -0.15) is 5.26 Å². The van der Waals surface area contributed by atoms with E-state index < -0.39 is 36.7 Å². The number of Topliss-reactive ketones (excluding diaryl/α,β-unsaturated/α-hetero) is 1. The molecule has 1 aromatic carbocycles. The Kier molecular flexibility index (Phi) is 5.68. The molecule has 1 amide bonds. The molecule has 130 valence electrons. The molecule has 0 fully saturated rings. The highest BCUT2D eigenvalue weighted by Crippen LogP contribution is 2.32. The smallest absolute Gasteiger partial charge is 0.325 e. The summed E-state index contributed by atoms with van der Waals surface area (Å²) in [5.74, 6) is -2.32. The Morgan fingerprint density at radius 1 is 1.36 bits per heavy atom. The largest absolute Gasteiger partial charge is 0.456 e. The van der Waals surface area contributed by atoms with E-state index in [2.05, 4.69) is 5.32 Å². The van der Waals surface area contributed by atoms with Gasteiger partial charge in [0.05, 0.1) is 6.07 Å². The summed E-state index contributed by atoms with van der Waals surface area (Å²) >= 11 is 0. The van der Waals surface area contributed by atoms with Gasteiger partial charge in [0, 0.05) is 11.3 Å². The molecule has 1 aromatic rings. The van der Waals surface area contributed by atoms with Crippen molar-refractivity contribution in [3.8, 4) is 17.6 Å². The topological polar surface area (TPSA) is 139 Å². The molecule has 1 unspecified atom stereocenters. The molecule has 0 aliphatic carbocycles. The number of nitriles is 1. The normalized spacial score (nSPS) is 12.6. The highest BCUT2D eigenvalue weighted by Gasteiger charge is 2.22. The second-order valence-corrected chi connectivity index (χ2v) is 5.12. The van der Waals surface area contributed by atoms with E-state index in [-0.39, 0.29) is 18.1 Å². The molecule has 25 heavy (non-hydrogen) atoms. The molecule has 0 saturated heterocycles. The van der Waals surface area contributed by atoms with Crippen LogP contribution in [0.3, 0.4) is 0 Å². The molecule has 1 aliphatic rings. The lowest BCUT2D eigenvalue weighted by Gasteiger charge is -2.08. The van der Waals surface area contributed by atoms with Crippen LogP contribution in [-0.4, -0.2) is 43.3 Å². The van der Waals surface area contributed by atoms with E-state index in [0.29, 0.717) is 11.5 Å². The molecule has 0 bridgehead atoms. The Morgan fingerprint density at radius 3 is 2.76 bits per heavy atom. The highest BCUT2D eigenvalue weighted by atomic mass is 16.7. The molecule has 0 spiro atoms. The van der Waals surface area contributed by atoms with Crippen molar-refractivity contribution in [3.05, 3.63) is 23.8 Å². The van der Waals surface area contributed by atoms with E-state index in [9.17, 15) is 14.4 Å². The summed E-state index contributed by atoms with van der Waals surface area (Å²) < 4.78 is 15.0. The number of nitrogens with one attached hydrogen (secondary N) is 2. The van der Waals surface area contributed by atoms with Crippen LogP contribution in [0.4, 0.5) is 0 Å². The van der Waals surface area contributed by atoms with Crippen molar-refractivity contribution in [3.63, 3.8) is 0 Å². The minimum absolute atomic E-state index is 0.0830. The zero-order valence-corrected chi connectivity index (χ0v) is 13.3. The van der Waals surface area contributed by atoms with Crippen molar-refractivity contribution in [2.24, 2.45) is 5.92 Å². The second-order valence-electron chi connectivity index (χ2n) is 5.12. The summed E-state index contributed by atoms with van der Waals surface area (Å²) in [6, 6.07) is 6.24. The average molecular weight is 345 g/mol. The lowest BCUT2D eigenvalue weighted by Crippen LogP contribution is -2.32. The summed E-state index contributed by atoms with van der Waals surface area (Å²) in [6.07, 6.45) is 0. The van der Waals surface area contributed by atoms with E-state index in [0.717, 1.165) is 0 Å². The zero-order chi connectivity index (χ0) is 18.4. The predicted molar refractivity (Wildman–Crippen MR) is 83.4 cm³/mol. The predicted octanol–water partition coefficient (Wildman–Crippen LogP) is 0.437. The Hall–Kier alpha value is -3.41. The first-order valence-electron chi connectivity index (χ1n) is 7.23. The molecular weight excluding hydrogens is 330 g/mol. The Balaban J connectivity index is 1.80. The summed E-state index contributed by atoms with van der Waals surface area (Å²) in [5, 5.41) is 18.4. The van der Waals surface area contributed by atoms with Crippen LogP contribution in [0.5, 0.6) is 11.5 Å². The number of ether oxygens (including phenoxy) is 3. The Labute approximate surface area is 143 Å². The van der Waals surface area contributed by atoms with Crippen LogP contribution in [0.25, 0.3) is 0 Å². The molecule has 1 atom stereocenters. The van der Waals surface area contributed by atoms with Gasteiger partial charge in [0.25, 0.3) is 5.91 Å². The van der Waals surface area contributed by atoms with E-state index in [1.165, 1.54) is 19.1 Å². The lowest BCUT2D eigenvalue weighted by molar-refractivity contribution is -0.147. The fourth-order valence-corrected chi connectivity index (χ4v) is 1.99. The quantitative estimate of drug-likeness (QED) is 0.540. The number of ketones is 1. The molecule has 0 radical (unpaired) electrons. The summed E-state index contributed by atoms with van der Waals surface area (Å²) in [4.78, 5) is 35.2. The van der Waals surface area contributed by atoms with Crippen molar-refractivity contribution >= 4 is 23.4 Å². The van der Waals surface area contributed by atoms with E-state index in [1.807, 2.05) is 0 Å². The monoisotopic (exact) mass is 345 g/mol. The molecule has 0 saturated carbocycles. The number of carbonyl (C=O) groups excluding carboxylic acids is 3. The number of esters is 1. The van der Waals surface area contributed by atoms with Crippen LogP contribution >= 0.6 is 0 Å². The van der Waals surface area contributed by atoms with E-state index in [1.54, 1.807) is 12.1 Å². The summed E-state index contributed by atoms with van der Waals surface area (Å²) in [6.45, 7) is 0.327. The molecule has 2 N–H and O–H groups in total. The molecule has 9 nitrogen and oxygen atoms in total. The first-order valence-corrected chi connectivity index (χ1v) is 7.23. The number of hydrogen-bond donors (Lipinski definition) is 2. The third-order valence-electron chi connectivity index (χ3n) is 3.29. The second kappa shape index (κ2) is 7.92. The van der Waals surface area contributed by atoms with Gasteiger partial charge in [0.2, 0.25) is 6.79 Å². The molecule has 2 rings (SSSR count). The number of fused-ring (bicyclic) bond motifs is 1. The molecular formula is C16H15N3O6. The number of rotatable bonds is 7. The molecule has 0 aromatic heterocycles. The van der Waals surface area contributed by atoms with Crippen LogP contribution in [-0.2, 0) is 14.3 Å². The van der Waals surface area contributed by atoms with E-state index in [4.69, 9.17) is 24.9 Å². The van der Waals surface area contributed by atoms with Crippen molar-refractivity contribution in [1.82, 2.24) is 5.32 Å². The van der Waals surface area contributed by atoms with Gasteiger partial charge in [-0.05, 0) is 25.1 Å². The number of hydrogen-bond acceptors (Lipinski definition) is 8. The van der Waals surface area contributed by atoms with Crippen molar-refractivity contribution in [2.45, 2.75) is 6.92 Å². The van der Waals surface area contributed by atoms with Crippen molar-refractivity contribution in [2.75, 3.05) is 19.9 Å². The van der Waals surface area contributed by atoms with Gasteiger partial charge in [-0.25, -0.2) is 0 Å². The van der Waals surface area contributed by atoms with Crippen LogP contribution in [0.1, 0.15) is 17.3 Å². The van der Waals surface area contributed by atoms with Gasteiger partial charge in [0.15, 0.2) is 23.9 Å². The first kappa shape index (κ1) is 17.9. The fraction of sp³-hybridized carbons (Fsp3) is 0.312. The minimum Gasteiger partial charge on any atom is -0.456 e. The SMILES string of the molecule is CC(=N)C(C#N)C(=O)COC(=O)CNC(=O)c1ccc2c(c1)OCO2. The van der Waals surface area contributed by atoms with Crippen molar-refractivity contribution in [1.29, 1.82) is 10.7 Å². The van der Waals surface area contributed by atoms with Gasteiger partial charge >= 0.3 is 5.97 Å². The number of carbonyl (C=O) groups is 3. The number of benzene rings is 1. The van der Waals surface area contributed by atoms with Gasteiger partial charge in [0.1, 0.15) is 12.5 Å². The zero-order valence-electron chi connectivity index (χ0n) is 13.3. The molecule has 1 heterocycles. The Bertz CT molecular complexity index is 768. The number of nitrogens with zero attached hydrogens (tertiary/aromatic N) is 1. The van der Waals surface area contributed by atoms with Crippen molar-refractivity contribution < 1.29 is 28.6 Å². The maximum atomic E-state index is 12.0. The summed E-state index contributed by atoms with van der Waals surface area (Å²) in [5.41, 5.74) is 0.150. The molecule has 1 aliphatic heterocycles. The third kappa shape index (κ3) is 4.54. The standard InChI is InChI=1S/C16H15N3O6/c1-9(18)11(5-17)12(20)7-23-15(21)6-19-16(22)10-2-3-13-14(4-10)25-8-24-13/h2-4,11,18H,6-8H2,1H3,(H,19,22). The average Bonchev–Trinajstić information content (AvgIpc) is 3.05. The van der Waals surface area contributed by atoms with Gasteiger partial charge in [-0.3, -0.25) is 14.4 Å². The molecule has 9 heteroatoms. The lowest BCUT2D eigenvalue weighted by atomic mass is 10.0. The minimum atomic E-state index is -1.24. The van der Waals surface area contributed by atoms with Crippen LogP contribution < -0.4 is 14.8 Å². The summed E-state index contributed by atoms with van der Waals surface area (Å²) in [7, 11) is 0. The highest BCUT2D eigenvalue weighted by molar-refractivity contribution is 6.06. The Morgan fingerprint density at radius 2 is 2.08 bits per heavy atom. The van der Waals surface area contributed by atoms with Crippen LogP contribution in [0.15, 0.2) is 18.2 Å². The maximum absolute atomic E-state index is 12.0. The van der Waals surface area contributed by atoms with E-state index >= 15 is 0 Å². The van der Waals surface area contributed by atoms with Crippen LogP contribution in [0.2, 0.25) is 0 Å². The maximum Gasteiger partial charge on any atom is 0.325 e.